The van der Waals surface area contributed by atoms with Gasteiger partial charge in [-0.25, -0.2) is 8.78 Å². The van der Waals surface area contributed by atoms with Gasteiger partial charge in [-0.3, -0.25) is 9.59 Å². The van der Waals surface area contributed by atoms with Crippen LogP contribution in [0.5, 0.6) is 5.75 Å². The lowest BCUT2D eigenvalue weighted by atomic mass is 9.93. The average Bonchev–Trinajstić information content (AvgIpc) is 2.58. The molecule has 2 rings (SSSR count). The summed E-state index contributed by atoms with van der Waals surface area (Å²) >= 11 is 0. The van der Waals surface area contributed by atoms with E-state index in [0.717, 1.165) is 25.0 Å². The van der Waals surface area contributed by atoms with Gasteiger partial charge in [0, 0.05) is 32.0 Å². The second kappa shape index (κ2) is 9.34. The third-order valence-electron chi connectivity index (χ3n) is 4.32. The van der Waals surface area contributed by atoms with Gasteiger partial charge in [-0.2, -0.15) is 0 Å². The highest BCUT2D eigenvalue weighted by Gasteiger charge is 2.23. The molecule has 5 nitrogen and oxygen atoms in total. The number of aliphatic carboxylic acids is 1. The van der Waals surface area contributed by atoms with E-state index in [1.54, 1.807) is 4.90 Å². The summed E-state index contributed by atoms with van der Waals surface area (Å²) in [4.78, 5) is 24.7. The van der Waals surface area contributed by atoms with Gasteiger partial charge in [-0.1, -0.05) is 0 Å². The van der Waals surface area contributed by atoms with Crippen molar-refractivity contribution < 1.29 is 28.2 Å². The number of halogens is 2. The molecular formula is C18H23F2NO4. The fraction of sp³-hybridized carbons (Fsp3) is 0.556. The van der Waals surface area contributed by atoms with Crippen LogP contribution in [0.25, 0.3) is 0 Å². The number of nitrogens with zero attached hydrogens (tertiary/aromatic N) is 1. The van der Waals surface area contributed by atoms with Crippen molar-refractivity contribution in [2.24, 2.45) is 5.92 Å². The fourth-order valence-corrected chi connectivity index (χ4v) is 3.01. The number of likely N-dealkylation sites (tertiary alicyclic amines) is 1. The van der Waals surface area contributed by atoms with Crippen LogP contribution in [0.4, 0.5) is 8.78 Å². The smallest absolute Gasteiger partial charge is 0.303 e. The fourth-order valence-electron chi connectivity index (χ4n) is 3.01. The van der Waals surface area contributed by atoms with Crippen LogP contribution >= 0.6 is 0 Å². The first-order valence-electron chi connectivity index (χ1n) is 8.53. The number of benzene rings is 1. The summed E-state index contributed by atoms with van der Waals surface area (Å²) in [6.45, 7) is 1.46. The van der Waals surface area contributed by atoms with Crippen molar-refractivity contribution in [3.05, 3.63) is 29.8 Å². The minimum Gasteiger partial charge on any atom is -0.491 e. The highest BCUT2D eigenvalue weighted by Crippen LogP contribution is 2.22. The maximum Gasteiger partial charge on any atom is 0.303 e. The number of amides is 1. The molecule has 138 valence electrons. The highest BCUT2D eigenvalue weighted by atomic mass is 19.1. The number of hydrogen-bond donors (Lipinski definition) is 1. The van der Waals surface area contributed by atoms with Crippen LogP contribution in [0, 0.1) is 17.6 Å². The van der Waals surface area contributed by atoms with Gasteiger partial charge in [0.25, 0.3) is 0 Å². The van der Waals surface area contributed by atoms with Gasteiger partial charge in [0.2, 0.25) is 5.91 Å². The Morgan fingerprint density at radius 3 is 2.80 bits per heavy atom. The van der Waals surface area contributed by atoms with Crippen molar-refractivity contribution in [2.75, 3.05) is 19.7 Å². The Hall–Kier alpha value is -2.18. The Morgan fingerprint density at radius 2 is 2.08 bits per heavy atom. The van der Waals surface area contributed by atoms with Crippen LogP contribution < -0.4 is 4.74 Å². The molecule has 0 saturated carbocycles. The molecule has 1 aromatic carbocycles. The van der Waals surface area contributed by atoms with E-state index < -0.39 is 17.6 Å². The third kappa shape index (κ3) is 6.32. The minimum atomic E-state index is -0.811. The van der Waals surface area contributed by atoms with Gasteiger partial charge in [0.1, 0.15) is 5.82 Å². The molecule has 0 spiro atoms. The van der Waals surface area contributed by atoms with Crippen molar-refractivity contribution in [3.8, 4) is 5.75 Å². The maximum absolute atomic E-state index is 13.4. The highest BCUT2D eigenvalue weighted by molar-refractivity contribution is 5.76. The number of carbonyl (C=O) groups is 2. The molecule has 1 aliphatic heterocycles. The number of carbonyl (C=O) groups excluding carboxylic acids is 1. The number of carboxylic acids is 1. The zero-order valence-corrected chi connectivity index (χ0v) is 14.0. The van der Waals surface area contributed by atoms with Gasteiger partial charge in [-0.05, 0) is 43.7 Å². The van der Waals surface area contributed by atoms with Crippen LogP contribution in [0.3, 0.4) is 0 Å². The second-order valence-electron chi connectivity index (χ2n) is 6.31. The van der Waals surface area contributed by atoms with Crippen molar-refractivity contribution >= 4 is 11.9 Å². The minimum absolute atomic E-state index is 0.00297. The maximum atomic E-state index is 13.4. The summed E-state index contributed by atoms with van der Waals surface area (Å²) in [5, 5.41) is 8.75. The number of hydrogen-bond acceptors (Lipinski definition) is 3. The number of rotatable bonds is 8. The van der Waals surface area contributed by atoms with E-state index in [1.807, 2.05) is 0 Å². The molecule has 0 radical (unpaired) electrons. The van der Waals surface area contributed by atoms with Crippen molar-refractivity contribution in [3.63, 3.8) is 0 Å². The number of piperidine rings is 1. The molecule has 0 aliphatic carbocycles. The first kappa shape index (κ1) is 19.1. The molecular weight excluding hydrogens is 332 g/mol. The molecule has 1 aliphatic rings. The van der Waals surface area contributed by atoms with Crippen molar-refractivity contribution in [1.82, 2.24) is 4.90 Å². The summed E-state index contributed by atoms with van der Waals surface area (Å²) in [7, 11) is 0. The van der Waals surface area contributed by atoms with E-state index >= 15 is 0 Å². The molecule has 1 atom stereocenters. The van der Waals surface area contributed by atoms with E-state index in [1.165, 1.54) is 6.07 Å². The predicted molar refractivity (Wildman–Crippen MR) is 87.3 cm³/mol. The Morgan fingerprint density at radius 1 is 1.28 bits per heavy atom. The zero-order valence-electron chi connectivity index (χ0n) is 14.0. The van der Waals surface area contributed by atoms with E-state index in [2.05, 4.69) is 0 Å². The summed E-state index contributed by atoms with van der Waals surface area (Å²) in [5.74, 6) is -2.03. The molecule has 7 heteroatoms. The largest absolute Gasteiger partial charge is 0.491 e. The lowest BCUT2D eigenvalue weighted by Crippen LogP contribution is -2.40. The SMILES string of the molecule is O=C(O)CCC1CCCN(C(=O)CCCOc2ccc(F)cc2F)C1. The molecule has 1 unspecified atom stereocenters. The molecule has 1 fully saturated rings. The molecule has 1 aromatic rings. The predicted octanol–water partition coefficient (Wildman–Crippen LogP) is 3.23. The van der Waals surface area contributed by atoms with E-state index in [-0.39, 0.29) is 37.0 Å². The average molecular weight is 355 g/mol. The van der Waals surface area contributed by atoms with Crippen LogP contribution in [-0.2, 0) is 9.59 Å². The third-order valence-corrected chi connectivity index (χ3v) is 4.32. The van der Waals surface area contributed by atoms with Crippen LogP contribution in [0.2, 0.25) is 0 Å². The number of ether oxygens (including phenoxy) is 1. The Bertz CT molecular complexity index is 609. The summed E-state index contributed by atoms with van der Waals surface area (Å²) in [6, 6.07) is 3.10. The summed E-state index contributed by atoms with van der Waals surface area (Å²) < 4.78 is 31.5. The summed E-state index contributed by atoms with van der Waals surface area (Å²) in [6.07, 6.45) is 3.27. The van der Waals surface area contributed by atoms with Gasteiger partial charge in [-0.15, -0.1) is 0 Å². The molecule has 1 saturated heterocycles. The first-order valence-corrected chi connectivity index (χ1v) is 8.53. The monoisotopic (exact) mass is 355 g/mol. The first-order chi connectivity index (χ1) is 12.0. The molecule has 1 N–H and O–H groups in total. The quantitative estimate of drug-likeness (QED) is 0.727. The normalized spacial score (nSPS) is 17.4. The van der Waals surface area contributed by atoms with Gasteiger partial charge < -0.3 is 14.7 Å². The standard InChI is InChI=1S/C18H23F2NO4/c19-14-6-7-16(15(20)11-14)25-10-2-4-17(22)21-9-1-3-13(12-21)5-8-18(23)24/h6-7,11,13H,1-5,8-10,12H2,(H,23,24). The van der Waals surface area contributed by atoms with Gasteiger partial charge in [0.15, 0.2) is 11.6 Å². The second-order valence-corrected chi connectivity index (χ2v) is 6.31. The van der Waals surface area contributed by atoms with Crippen LogP contribution in [0.1, 0.15) is 38.5 Å². The lowest BCUT2D eigenvalue weighted by molar-refractivity contribution is -0.137. The molecule has 1 heterocycles. The molecule has 0 aromatic heterocycles. The van der Waals surface area contributed by atoms with E-state index in [9.17, 15) is 18.4 Å². The Labute approximate surface area is 145 Å². The summed E-state index contributed by atoms with van der Waals surface area (Å²) in [5.41, 5.74) is 0. The zero-order chi connectivity index (χ0) is 18.2. The van der Waals surface area contributed by atoms with Gasteiger partial charge in [0.05, 0.1) is 6.61 Å². The van der Waals surface area contributed by atoms with Crippen molar-refractivity contribution in [1.29, 1.82) is 0 Å². The topological polar surface area (TPSA) is 66.8 Å². The Balaban J connectivity index is 1.69. The van der Waals surface area contributed by atoms with E-state index in [0.29, 0.717) is 25.9 Å². The van der Waals surface area contributed by atoms with Crippen LogP contribution in [0.15, 0.2) is 18.2 Å². The van der Waals surface area contributed by atoms with Crippen molar-refractivity contribution in [2.45, 2.75) is 38.5 Å². The lowest BCUT2D eigenvalue weighted by Gasteiger charge is -2.32. The molecule has 0 bridgehead atoms. The molecule has 25 heavy (non-hydrogen) atoms. The molecule has 1 amide bonds. The Kier molecular flexibility index (Phi) is 7.16. The van der Waals surface area contributed by atoms with Crippen LogP contribution in [-0.4, -0.2) is 41.6 Å². The van der Waals surface area contributed by atoms with E-state index in [4.69, 9.17) is 9.84 Å². The van der Waals surface area contributed by atoms with Gasteiger partial charge >= 0.3 is 5.97 Å². The number of carboxylic acid groups (broad SMARTS) is 1.